The summed E-state index contributed by atoms with van der Waals surface area (Å²) in [6.45, 7) is 7.21. The fourth-order valence-electron chi connectivity index (χ4n) is 4.52. The number of carbonyl (C=O) groups is 1. The quantitative estimate of drug-likeness (QED) is 0.451. The van der Waals surface area contributed by atoms with Crippen molar-refractivity contribution in [3.05, 3.63) is 93.7 Å². The zero-order valence-corrected chi connectivity index (χ0v) is 19.2. The molecular formula is C26H28F2N2OS. The Bertz CT molecular complexity index is 1020. The van der Waals surface area contributed by atoms with E-state index in [9.17, 15) is 13.6 Å². The zero-order valence-electron chi connectivity index (χ0n) is 18.4. The van der Waals surface area contributed by atoms with Gasteiger partial charge in [0.15, 0.2) is 0 Å². The lowest BCUT2D eigenvalue weighted by Gasteiger charge is -2.32. The van der Waals surface area contributed by atoms with E-state index in [1.165, 1.54) is 29.1 Å². The van der Waals surface area contributed by atoms with Gasteiger partial charge in [-0.05, 0) is 73.2 Å². The highest BCUT2D eigenvalue weighted by Gasteiger charge is 2.36. The molecule has 168 valence electrons. The normalized spacial score (nSPS) is 18.9. The number of carbonyl (C=O) groups excluding carboxylic acids is 1. The molecule has 1 aliphatic heterocycles. The van der Waals surface area contributed by atoms with Crippen molar-refractivity contribution in [1.29, 1.82) is 0 Å². The molecule has 0 bridgehead atoms. The van der Waals surface area contributed by atoms with Crippen LogP contribution in [0.15, 0.2) is 66.0 Å². The van der Waals surface area contributed by atoms with Crippen LogP contribution in [0, 0.1) is 17.6 Å². The SMILES string of the molecule is CC(C)N(CC1CN(Cc2cccs2)CC1c1ccc(F)cc1)C(=O)c1ccc(F)cc1. The van der Waals surface area contributed by atoms with Crippen LogP contribution in [-0.4, -0.2) is 41.4 Å². The van der Waals surface area contributed by atoms with Crippen LogP contribution in [0.5, 0.6) is 0 Å². The van der Waals surface area contributed by atoms with E-state index in [2.05, 4.69) is 22.4 Å². The van der Waals surface area contributed by atoms with Gasteiger partial charge < -0.3 is 4.90 Å². The summed E-state index contributed by atoms with van der Waals surface area (Å²) < 4.78 is 26.9. The average Bonchev–Trinajstić information content (AvgIpc) is 3.42. The fourth-order valence-corrected chi connectivity index (χ4v) is 5.27. The third kappa shape index (κ3) is 5.25. The monoisotopic (exact) mass is 454 g/mol. The Morgan fingerprint density at radius 1 is 1.03 bits per heavy atom. The molecule has 0 N–H and O–H groups in total. The molecule has 6 heteroatoms. The molecule has 2 heterocycles. The average molecular weight is 455 g/mol. The molecule has 3 nitrogen and oxygen atoms in total. The molecule has 0 radical (unpaired) electrons. The van der Waals surface area contributed by atoms with Crippen molar-refractivity contribution in [2.24, 2.45) is 5.92 Å². The summed E-state index contributed by atoms with van der Waals surface area (Å²) in [5.74, 6) is -0.261. The molecule has 4 rings (SSSR count). The number of likely N-dealkylation sites (tertiary alicyclic amines) is 1. The second-order valence-electron chi connectivity index (χ2n) is 8.75. The number of thiophene rings is 1. The Kier molecular flexibility index (Phi) is 7.01. The molecule has 32 heavy (non-hydrogen) atoms. The summed E-state index contributed by atoms with van der Waals surface area (Å²) in [4.78, 5) is 18.9. The van der Waals surface area contributed by atoms with E-state index < -0.39 is 0 Å². The van der Waals surface area contributed by atoms with Crippen molar-refractivity contribution in [3.63, 3.8) is 0 Å². The summed E-state index contributed by atoms with van der Waals surface area (Å²) in [6.07, 6.45) is 0. The Morgan fingerprint density at radius 3 is 2.28 bits per heavy atom. The van der Waals surface area contributed by atoms with Crippen LogP contribution in [0.2, 0.25) is 0 Å². The van der Waals surface area contributed by atoms with Gasteiger partial charge in [0, 0.05) is 48.6 Å². The number of hydrogen-bond donors (Lipinski definition) is 0. The van der Waals surface area contributed by atoms with Crippen molar-refractivity contribution >= 4 is 17.2 Å². The molecule has 1 saturated heterocycles. The summed E-state index contributed by atoms with van der Waals surface area (Å²) in [5, 5.41) is 2.09. The standard InChI is InChI=1S/C26H28F2N2OS/c1-18(2)30(26(31)20-7-11-23(28)12-8-20)15-21-14-29(16-24-4-3-13-32-24)17-25(21)19-5-9-22(27)10-6-19/h3-13,18,21,25H,14-17H2,1-2H3. The van der Waals surface area contributed by atoms with E-state index in [1.54, 1.807) is 23.5 Å². The number of amides is 1. The van der Waals surface area contributed by atoms with Crippen LogP contribution in [0.1, 0.15) is 40.6 Å². The lowest BCUT2D eigenvalue weighted by molar-refractivity contribution is 0.0668. The van der Waals surface area contributed by atoms with E-state index in [0.29, 0.717) is 12.1 Å². The zero-order chi connectivity index (χ0) is 22.7. The maximum atomic E-state index is 13.5. The molecule has 2 atom stereocenters. The maximum absolute atomic E-state index is 13.5. The van der Waals surface area contributed by atoms with Crippen LogP contribution in [0.3, 0.4) is 0 Å². The minimum Gasteiger partial charge on any atom is -0.336 e. The molecule has 2 unspecified atom stereocenters. The maximum Gasteiger partial charge on any atom is 0.254 e. The minimum absolute atomic E-state index is 0.00719. The summed E-state index contributed by atoms with van der Waals surface area (Å²) in [6, 6.07) is 16.7. The number of benzene rings is 2. The van der Waals surface area contributed by atoms with Gasteiger partial charge >= 0.3 is 0 Å². The molecule has 3 aromatic rings. The van der Waals surface area contributed by atoms with Gasteiger partial charge in [-0.2, -0.15) is 0 Å². The van der Waals surface area contributed by atoms with E-state index in [1.807, 2.05) is 30.9 Å². The molecule has 0 aliphatic carbocycles. The minimum atomic E-state index is -0.353. The summed E-state index contributed by atoms with van der Waals surface area (Å²) in [5.41, 5.74) is 1.59. The summed E-state index contributed by atoms with van der Waals surface area (Å²) in [7, 11) is 0. The molecule has 1 aromatic heterocycles. The highest BCUT2D eigenvalue weighted by atomic mass is 32.1. The topological polar surface area (TPSA) is 23.6 Å². The summed E-state index contributed by atoms with van der Waals surface area (Å²) >= 11 is 1.75. The first-order chi connectivity index (χ1) is 15.4. The van der Waals surface area contributed by atoms with Gasteiger partial charge in [0.05, 0.1) is 0 Å². The molecular weight excluding hydrogens is 426 g/mol. The van der Waals surface area contributed by atoms with Gasteiger partial charge in [-0.3, -0.25) is 9.69 Å². The third-order valence-corrected chi connectivity index (χ3v) is 7.04. The highest BCUT2D eigenvalue weighted by Crippen LogP contribution is 2.35. The van der Waals surface area contributed by atoms with Crippen molar-refractivity contribution in [1.82, 2.24) is 9.80 Å². The van der Waals surface area contributed by atoms with Gasteiger partial charge in [0.1, 0.15) is 11.6 Å². The predicted octanol–water partition coefficient (Wildman–Crippen LogP) is 5.79. The van der Waals surface area contributed by atoms with E-state index >= 15 is 0 Å². The molecule has 1 aliphatic rings. The molecule has 0 saturated carbocycles. The Hall–Kier alpha value is -2.57. The van der Waals surface area contributed by atoms with Crippen molar-refractivity contribution in [2.75, 3.05) is 19.6 Å². The van der Waals surface area contributed by atoms with E-state index in [4.69, 9.17) is 0 Å². The van der Waals surface area contributed by atoms with E-state index in [-0.39, 0.29) is 35.4 Å². The van der Waals surface area contributed by atoms with Gasteiger partial charge in [0.25, 0.3) is 5.91 Å². The number of rotatable bonds is 7. The van der Waals surface area contributed by atoms with Crippen molar-refractivity contribution in [2.45, 2.75) is 32.4 Å². The van der Waals surface area contributed by atoms with Crippen molar-refractivity contribution in [3.8, 4) is 0 Å². The number of halogens is 2. The third-order valence-electron chi connectivity index (χ3n) is 6.18. The second kappa shape index (κ2) is 9.92. The lowest BCUT2D eigenvalue weighted by Crippen LogP contribution is -2.42. The number of hydrogen-bond acceptors (Lipinski definition) is 3. The molecule has 2 aromatic carbocycles. The lowest BCUT2D eigenvalue weighted by atomic mass is 9.88. The highest BCUT2D eigenvalue weighted by molar-refractivity contribution is 7.09. The van der Waals surface area contributed by atoms with Gasteiger partial charge in [-0.1, -0.05) is 18.2 Å². The smallest absolute Gasteiger partial charge is 0.254 e. The van der Waals surface area contributed by atoms with Crippen LogP contribution < -0.4 is 0 Å². The molecule has 1 amide bonds. The van der Waals surface area contributed by atoms with Gasteiger partial charge in [0.2, 0.25) is 0 Å². The van der Waals surface area contributed by atoms with Crippen LogP contribution in [0.25, 0.3) is 0 Å². The first-order valence-electron chi connectivity index (χ1n) is 11.0. The predicted molar refractivity (Wildman–Crippen MR) is 125 cm³/mol. The van der Waals surface area contributed by atoms with Crippen LogP contribution in [0.4, 0.5) is 8.78 Å². The molecule has 0 spiro atoms. The second-order valence-corrected chi connectivity index (χ2v) is 9.78. The first-order valence-corrected chi connectivity index (χ1v) is 11.9. The Balaban J connectivity index is 1.56. The van der Waals surface area contributed by atoms with Crippen LogP contribution in [-0.2, 0) is 6.54 Å². The first kappa shape index (κ1) is 22.6. The molecule has 1 fully saturated rings. The van der Waals surface area contributed by atoms with Crippen LogP contribution >= 0.6 is 11.3 Å². The Morgan fingerprint density at radius 2 is 1.69 bits per heavy atom. The van der Waals surface area contributed by atoms with Gasteiger partial charge in [-0.25, -0.2) is 8.78 Å². The fraction of sp³-hybridized carbons (Fsp3) is 0.346. The largest absolute Gasteiger partial charge is 0.336 e. The van der Waals surface area contributed by atoms with Crippen molar-refractivity contribution < 1.29 is 13.6 Å². The van der Waals surface area contributed by atoms with Gasteiger partial charge in [-0.15, -0.1) is 11.3 Å². The number of nitrogens with zero attached hydrogens (tertiary/aromatic N) is 2. The van der Waals surface area contributed by atoms with E-state index in [0.717, 1.165) is 25.2 Å². The Labute approximate surface area is 192 Å².